The molecule has 0 radical (unpaired) electrons. The molecule has 1 rings (SSSR count). The summed E-state index contributed by atoms with van der Waals surface area (Å²) in [5.41, 5.74) is 5.92. The van der Waals surface area contributed by atoms with Gasteiger partial charge in [0.25, 0.3) is 0 Å². The monoisotopic (exact) mass is 171 g/mol. The Morgan fingerprint density at radius 2 is 2.17 bits per heavy atom. The summed E-state index contributed by atoms with van der Waals surface area (Å²) in [5, 5.41) is 0. The van der Waals surface area contributed by atoms with Crippen molar-refractivity contribution in [3.05, 3.63) is 35.1 Å². The topological polar surface area (TPSA) is 26.0 Å². The van der Waals surface area contributed by atoms with E-state index in [9.17, 15) is 8.78 Å². The van der Waals surface area contributed by atoms with E-state index in [4.69, 9.17) is 5.73 Å². The molecule has 0 heterocycles. The SMILES string of the molecule is Cc1ccc(C(F)CN)cc1F. The highest BCUT2D eigenvalue weighted by atomic mass is 19.1. The lowest BCUT2D eigenvalue weighted by atomic mass is 10.1. The maximum atomic E-state index is 12.9. The van der Waals surface area contributed by atoms with Crippen LogP contribution in [0, 0.1) is 12.7 Å². The molecular formula is C9H11F2N. The Kier molecular flexibility index (Phi) is 2.76. The highest BCUT2D eigenvalue weighted by Gasteiger charge is 2.08. The summed E-state index contributed by atoms with van der Waals surface area (Å²) >= 11 is 0. The van der Waals surface area contributed by atoms with Gasteiger partial charge in [-0.15, -0.1) is 0 Å². The molecule has 66 valence electrons. The van der Waals surface area contributed by atoms with Crippen LogP contribution >= 0.6 is 0 Å². The lowest BCUT2D eigenvalue weighted by molar-refractivity contribution is 0.351. The Hall–Kier alpha value is -0.960. The van der Waals surface area contributed by atoms with Crippen molar-refractivity contribution in [2.24, 2.45) is 5.73 Å². The summed E-state index contributed by atoms with van der Waals surface area (Å²) in [6, 6.07) is 4.29. The molecule has 12 heavy (non-hydrogen) atoms. The van der Waals surface area contributed by atoms with Gasteiger partial charge in [0.15, 0.2) is 0 Å². The first kappa shape index (κ1) is 9.13. The Balaban J connectivity index is 2.96. The summed E-state index contributed by atoms with van der Waals surface area (Å²) in [5.74, 6) is -0.386. The lowest BCUT2D eigenvalue weighted by Crippen LogP contribution is -2.07. The summed E-state index contributed by atoms with van der Waals surface area (Å²) in [7, 11) is 0. The number of hydrogen-bond acceptors (Lipinski definition) is 1. The van der Waals surface area contributed by atoms with Gasteiger partial charge in [-0.1, -0.05) is 12.1 Å². The second kappa shape index (κ2) is 3.63. The molecule has 0 aromatic heterocycles. The largest absolute Gasteiger partial charge is 0.327 e. The van der Waals surface area contributed by atoms with Gasteiger partial charge >= 0.3 is 0 Å². The van der Waals surface area contributed by atoms with E-state index < -0.39 is 6.17 Å². The van der Waals surface area contributed by atoms with Crippen molar-refractivity contribution in [1.29, 1.82) is 0 Å². The molecule has 2 N–H and O–H groups in total. The fraction of sp³-hybridized carbons (Fsp3) is 0.333. The molecule has 0 amide bonds. The zero-order valence-electron chi connectivity index (χ0n) is 6.85. The zero-order chi connectivity index (χ0) is 9.14. The van der Waals surface area contributed by atoms with Crippen molar-refractivity contribution >= 4 is 0 Å². The van der Waals surface area contributed by atoms with E-state index in [2.05, 4.69) is 0 Å². The quantitative estimate of drug-likeness (QED) is 0.724. The van der Waals surface area contributed by atoms with Crippen molar-refractivity contribution in [2.75, 3.05) is 6.54 Å². The fourth-order valence-corrected chi connectivity index (χ4v) is 0.940. The highest BCUT2D eigenvalue weighted by Crippen LogP contribution is 2.18. The number of aryl methyl sites for hydroxylation is 1. The van der Waals surface area contributed by atoms with Gasteiger partial charge in [0.2, 0.25) is 0 Å². The molecule has 0 spiro atoms. The van der Waals surface area contributed by atoms with Crippen LogP contribution in [-0.2, 0) is 0 Å². The fourth-order valence-electron chi connectivity index (χ4n) is 0.940. The van der Waals surface area contributed by atoms with Crippen LogP contribution in [0.5, 0.6) is 0 Å². The maximum absolute atomic E-state index is 12.9. The van der Waals surface area contributed by atoms with Crippen LogP contribution in [0.25, 0.3) is 0 Å². The van der Waals surface area contributed by atoms with E-state index in [1.54, 1.807) is 19.1 Å². The molecule has 0 aliphatic heterocycles. The summed E-state index contributed by atoms with van der Waals surface area (Å²) in [6.07, 6.45) is -1.26. The Labute approximate surface area is 70.2 Å². The molecule has 0 aliphatic rings. The van der Waals surface area contributed by atoms with Crippen LogP contribution in [-0.4, -0.2) is 6.54 Å². The Morgan fingerprint density at radius 3 is 2.67 bits per heavy atom. The van der Waals surface area contributed by atoms with Gasteiger partial charge in [-0.05, 0) is 24.1 Å². The molecule has 1 aromatic rings. The molecule has 0 aliphatic carbocycles. The van der Waals surface area contributed by atoms with Crippen LogP contribution in [0.2, 0.25) is 0 Å². The molecule has 0 saturated heterocycles. The van der Waals surface area contributed by atoms with E-state index in [0.29, 0.717) is 11.1 Å². The van der Waals surface area contributed by atoms with Crippen molar-refractivity contribution < 1.29 is 8.78 Å². The van der Waals surface area contributed by atoms with Gasteiger partial charge in [-0.3, -0.25) is 0 Å². The van der Waals surface area contributed by atoms with Gasteiger partial charge in [-0.25, -0.2) is 8.78 Å². The number of nitrogens with two attached hydrogens (primary N) is 1. The molecule has 0 bridgehead atoms. The average Bonchev–Trinajstić information content (AvgIpc) is 2.08. The molecule has 3 heteroatoms. The third-order valence-electron chi connectivity index (χ3n) is 1.76. The number of benzene rings is 1. The maximum Gasteiger partial charge on any atom is 0.137 e. The van der Waals surface area contributed by atoms with Crippen LogP contribution in [0.15, 0.2) is 18.2 Å². The molecule has 1 aromatic carbocycles. The number of hydrogen-bond donors (Lipinski definition) is 1. The first-order valence-electron chi connectivity index (χ1n) is 3.75. The summed E-state index contributed by atoms with van der Waals surface area (Å²) in [4.78, 5) is 0. The molecule has 1 nitrogen and oxygen atoms in total. The van der Waals surface area contributed by atoms with Crippen molar-refractivity contribution in [3.8, 4) is 0 Å². The average molecular weight is 171 g/mol. The second-order valence-corrected chi connectivity index (χ2v) is 2.71. The minimum Gasteiger partial charge on any atom is -0.327 e. The van der Waals surface area contributed by atoms with Crippen molar-refractivity contribution in [3.63, 3.8) is 0 Å². The minimum absolute atomic E-state index is 0.109. The first-order valence-corrected chi connectivity index (χ1v) is 3.75. The van der Waals surface area contributed by atoms with E-state index in [0.717, 1.165) is 0 Å². The lowest BCUT2D eigenvalue weighted by Gasteiger charge is -2.05. The predicted molar refractivity (Wildman–Crippen MR) is 44.0 cm³/mol. The van der Waals surface area contributed by atoms with Crippen LogP contribution in [0.3, 0.4) is 0 Å². The number of halogens is 2. The summed E-state index contributed by atoms with van der Waals surface area (Å²) in [6.45, 7) is 1.53. The smallest absolute Gasteiger partial charge is 0.137 e. The number of rotatable bonds is 2. The molecule has 1 atom stereocenters. The van der Waals surface area contributed by atoms with Gasteiger partial charge in [0.05, 0.1) is 0 Å². The van der Waals surface area contributed by atoms with Gasteiger partial charge in [0.1, 0.15) is 12.0 Å². The molecular weight excluding hydrogens is 160 g/mol. The minimum atomic E-state index is -1.26. The Bertz CT molecular complexity index is 273. The van der Waals surface area contributed by atoms with Gasteiger partial charge < -0.3 is 5.73 Å². The van der Waals surface area contributed by atoms with E-state index in [-0.39, 0.29) is 12.4 Å². The Morgan fingerprint density at radius 1 is 1.50 bits per heavy atom. The third-order valence-corrected chi connectivity index (χ3v) is 1.76. The first-order chi connectivity index (χ1) is 5.65. The number of alkyl halides is 1. The van der Waals surface area contributed by atoms with Crippen molar-refractivity contribution in [2.45, 2.75) is 13.1 Å². The molecule has 0 fully saturated rings. The van der Waals surface area contributed by atoms with E-state index >= 15 is 0 Å². The van der Waals surface area contributed by atoms with Crippen LogP contribution in [0.4, 0.5) is 8.78 Å². The van der Waals surface area contributed by atoms with Gasteiger partial charge in [-0.2, -0.15) is 0 Å². The van der Waals surface area contributed by atoms with Gasteiger partial charge in [0, 0.05) is 6.54 Å². The van der Waals surface area contributed by atoms with E-state index in [1.165, 1.54) is 6.07 Å². The zero-order valence-corrected chi connectivity index (χ0v) is 6.85. The third kappa shape index (κ3) is 1.80. The molecule has 1 unspecified atom stereocenters. The van der Waals surface area contributed by atoms with Crippen LogP contribution < -0.4 is 5.73 Å². The van der Waals surface area contributed by atoms with Crippen molar-refractivity contribution in [1.82, 2.24) is 0 Å². The normalized spacial score (nSPS) is 13.0. The van der Waals surface area contributed by atoms with Crippen LogP contribution in [0.1, 0.15) is 17.3 Å². The highest BCUT2D eigenvalue weighted by molar-refractivity contribution is 5.25. The predicted octanol–water partition coefficient (Wildman–Crippen LogP) is 2.10. The molecule has 0 saturated carbocycles. The standard InChI is InChI=1S/C9H11F2N/c1-6-2-3-7(4-8(6)10)9(11)5-12/h2-4,9H,5,12H2,1H3. The second-order valence-electron chi connectivity index (χ2n) is 2.71. The summed E-state index contributed by atoms with van der Waals surface area (Å²) < 4.78 is 25.8. The van der Waals surface area contributed by atoms with E-state index in [1.807, 2.05) is 0 Å².